The predicted molar refractivity (Wildman–Crippen MR) is 158 cm³/mol. The number of hydrogen-bond donors (Lipinski definition) is 3. The van der Waals surface area contributed by atoms with Crippen molar-refractivity contribution in [1.82, 2.24) is 15.1 Å². The molecule has 2 atom stereocenters. The van der Waals surface area contributed by atoms with Gasteiger partial charge in [0.2, 0.25) is 5.91 Å². The molecule has 216 valence electrons. The summed E-state index contributed by atoms with van der Waals surface area (Å²) in [5.74, 6) is -4.70. The van der Waals surface area contributed by atoms with Gasteiger partial charge in [0.1, 0.15) is 0 Å². The van der Waals surface area contributed by atoms with Crippen molar-refractivity contribution in [2.24, 2.45) is 0 Å². The summed E-state index contributed by atoms with van der Waals surface area (Å²) in [4.78, 5) is 43.1. The average molecular weight is 619 g/mol. The molecule has 3 N–H and O–H groups in total. The zero-order valence-corrected chi connectivity index (χ0v) is 24.7. The summed E-state index contributed by atoms with van der Waals surface area (Å²) in [6.07, 6.45) is 1.27. The monoisotopic (exact) mass is 617 g/mol. The van der Waals surface area contributed by atoms with Crippen LogP contribution < -0.4 is 5.32 Å². The number of carbonyl (C=O) groups is 3. The Kier molecular flexibility index (Phi) is 9.70. The van der Waals surface area contributed by atoms with Gasteiger partial charge in [0.25, 0.3) is 0 Å². The molecule has 1 fully saturated rings. The number of nitrogens with zero attached hydrogens (tertiary/aromatic N) is 2. The minimum Gasteiger partial charge on any atom is -0.478 e. The number of carbonyl (C=O) groups excluding carboxylic acids is 1. The maximum atomic E-state index is 13.7. The van der Waals surface area contributed by atoms with E-state index in [0.29, 0.717) is 18.7 Å². The van der Waals surface area contributed by atoms with Crippen LogP contribution in [0.3, 0.4) is 0 Å². The van der Waals surface area contributed by atoms with E-state index in [-0.39, 0.29) is 67.1 Å². The Hall–Kier alpha value is -3.44. The van der Waals surface area contributed by atoms with E-state index >= 15 is 0 Å². The number of nitrogens with one attached hydrogen (secondary N) is 1. The Labute approximate surface area is 251 Å². The molecule has 0 bridgehead atoms. The van der Waals surface area contributed by atoms with Crippen molar-refractivity contribution in [1.29, 1.82) is 0 Å². The smallest absolute Gasteiger partial charge is 0.334 e. The second-order valence-electron chi connectivity index (χ2n) is 10.1. The fourth-order valence-corrected chi connectivity index (χ4v) is 6.57. The molecule has 2 heterocycles. The number of likely N-dealkylation sites (N-methyl/N-ethyl adjacent to an activating group) is 1. The van der Waals surface area contributed by atoms with E-state index in [1.807, 2.05) is 19.0 Å². The van der Waals surface area contributed by atoms with Gasteiger partial charge >= 0.3 is 11.9 Å². The van der Waals surface area contributed by atoms with E-state index in [2.05, 4.69) is 5.32 Å². The van der Waals surface area contributed by atoms with Crippen molar-refractivity contribution in [2.75, 3.05) is 27.2 Å². The molecule has 12 heteroatoms. The van der Waals surface area contributed by atoms with Crippen LogP contribution >= 0.6 is 23.2 Å². The lowest BCUT2D eigenvalue weighted by molar-refractivity contribution is -0.133. The fourth-order valence-electron chi connectivity index (χ4n) is 5.48. The Morgan fingerprint density at radius 1 is 1.00 bits per heavy atom. The molecule has 0 radical (unpaired) electrons. The van der Waals surface area contributed by atoms with Gasteiger partial charge in [0, 0.05) is 40.4 Å². The van der Waals surface area contributed by atoms with E-state index in [1.54, 1.807) is 41.3 Å². The van der Waals surface area contributed by atoms with Crippen molar-refractivity contribution < 1.29 is 28.8 Å². The zero-order valence-electron chi connectivity index (χ0n) is 22.4. The van der Waals surface area contributed by atoms with Gasteiger partial charge in [0.15, 0.2) is 0 Å². The Morgan fingerprint density at radius 3 is 2.20 bits per heavy atom. The summed E-state index contributed by atoms with van der Waals surface area (Å²) in [6, 6.07) is 12.9. The largest absolute Gasteiger partial charge is 0.478 e. The first kappa shape index (κ1) is 30.5. The van der Waals surface area contributed by atoms with E-state index < -0.39 is 23.4 Å². The number of rotatable bonds is 9. The van der Waals surface area contributed by atoms with Crippen LogP contribution in [0.2, 0.25) is 10.0 Å². The highest BCUT2D eigenvalue weighted by molar-refractivity contribution is 7.67. The molecule has 0 aliphatic carbocycles. The number of likely N-dealkylation sites (tertiary alicyclic amines) is 1. The van der Waals surface area contributed by atoms with Crippen molar-refractivity contribution >= 4 is 57.2 Å². The number of amides is 1. The van der Waals surface area contributed by atoms with E-state index in [9.17, 15) is 28.8 Å². The first-order chi connectivity index (χ1) is 19.5. The fraction of sp³-hybridized carbons (Fsp3) is 0.310. The standard InChI is InChI=1S/C29H29Cl2N3O6S/c1-33(2)15-17-10-7-13-34(17)21(35)14-20-23(28(36)37)24(22-18(30)11-6-12-19(22)31)25(29(38)39)26(32-20)27(41-40)16-8-4-3-5-9-16/h3-6,8-9,11-12,17,24,32H,7,10,13-15H2,1-2H3,(H,36,37)(H,38,39). The molecule has 1 saturated heterocycles. The molecule has 2 aliphatic heterocycles. The normalized spacial score (nSPS) is 18.9. The summed E-state index contributed by atoms with van der Waals surface area (Å²) in [6.45, 7) is 1.17. The van der Waals surface area contributed by atoms with Gasteiger partial charge in [-0.2, -0.15) is 0 Å². The molecule has 4 rings (SSSR count). The molecule has 2 unspecified atom stereocenters. The van der Waals surface area contributed by atoms with Gasteiger partial charge in [-0.1, -0.05) is 59.6 Å². The van der Waals surface area contributed by atoms with Crippen LogP contribution in [0.1, 0.15) is 36.3 Å². The van der Waals surface area contributed by atoms with Crippen molar-refractivity contribution in [2.45, 2.75) is 31.2 Å². The molecule has 41 heavy (non-hydrogen) atoms. The summed E-state index contributed by atoms with van der Waals surface area (Å²) < 4.78 is 12.5. The summed E-state index contributed by atoms with van der Waals surface area (Å²) in [5.41, 5.74) is -0.439. The average Bonchev–Trinajstić information content (AvgIpc) is 3.36. The first-order valence-electron chi connectivity index (χ1n) is 12.9. The van der Waals surface area contributed by atoms with Crippen molar-refractivity contribution in [3.05, 3.63) is 92.2 Å². The summed E-state index contributed by atoms with van der Waals surface area (Å²) in [7, 11) is 3.83. The lowest BCUT2D eigenvalue weighted by atomic mass is 9.78. The molecule has 1 amide bonds. The number of dihydropyridines is 1. The van der Waals surface area contributed by atoms with Crippen LogP contribution in [0.25, 0.3) is 0 Å². The molecule has 9 nitrogen and oxygen atoms in total. The molecule has 2 aliphatic rings. The van der Waals surface area contributed by atoms with Crippen LogP contribution in [0, 0.1) is 0 Å². The number of carboxylic acid groups (broad SMARTS) is 2. The highest BCUT2D eigenvalue weighted by Gasteiger charge is 2.43. The Balaban J connectivity index is 1.94. The molecule has 0 saturated carbocycles. The van der Waals surface area contributed by atoms with Crippen molar-refractivity contribution in [3.63, 3.8) is 0 Å². The van der Waals surface area contributed by atoms with Crippen molar-refractivity contribution in [3.8, 4) is 0 Å². The molecule has 0 aromatic heterocycles. The second kappa shape index (κ2) is 13.0. The van der Waals surface area contributed by atoms with E-state index in [1.165, 1.54) is 12.1 Å². The van der Waals surface area contributed by atoms with Gasteiger partial charge in [0.05, 0.1) is 45.3 Å². The maximum absolute atomic E-state index is 13.7. The third-order valence-electron chi connectivity index (χ3n) is 7.14. The maximum Gasteiger partial charge on any atom is 0.334 e. The molecular formula is C29H29Cl2N3O6S. The topological polar surface area (TPSA) is 127 Å². The number of halogens is 2. The number of carboxylic acids is 2. The van der Waals surface area contributed by atoms with Crippen LogP contribution in [0.5, 0.6) is 0 Å². The quantitative estimate of drug-likeness (QED) is 0.287. The molecular weight excluding hydrogens is 589 g/mol. The molecule has 2 aromatic rings. The number of benzene rings is 2. The summed E-state index contributed by atoms with van der Waals surface area (Å²) in [5, 5.41) is 23.9. The lowest BCUT2D eigenvalue weighted by Crippen LogP contribution is -2.43. The highest BCUT2D eigenvalue weighted by Crippen LogP contribution is 2.45. The molecule has 0 spiro atoms. The second-order valence-corrected chi connectivity index (χ2v) is 11.5. The van der Waals surface area contributed by atoms with Crippen LogP contribution in [-0.2, 0) is 25.6 Å². The highest BCUT2D eigenvalue weighted by atomic mass is 35.5. The zero-order chi connectivity index (χ0) is 29.8. The lowest BCUT2D eigenvalue weighted by Gasteiger charge is -2.33. The SMILES string of the molecule is CN(C)CC1CCCN1C(=O)CC1=C(C(=O)O)C(c2c(Cl)cccc2Cl)C(C(=O)O)=C(C(=S=O)c2ccccc2)N1. The molecule has 2 aromatic carbocycles. The minimum atomic E-state index is -1.48. The van der Waals surface area contributed by atoms with Crippen LogP contribution in [0.4, 0.5) is 0 Å². The van der Waals surface area contributed by atoms with E-state index in [0.717, 1.165) is 12.8 Å². The first-order valence-corrected chi connectivity index (χ1v) is 14.4. The Bertz CT molecular complexity index is 1480. The third kappa shape index (κ3) is 6.41. The third-order valence-corrected chi connectivity index (χ3v) is 8.41. The van der Waals surface area contributed by atoms with Gasteiger partial charge in [-0.05, 0) is 44.6 Å². The predicted octanol–water partition coefficient (Wildman–Crippen LogP) is 3.73. The number of allylic oxidation sites excluding steroid dienone is 1. The van der Waals surface area contributed by atoms with Gasteiger partial charge in [-0.3, -0.25) is 4.79 Å². The summed E-state index contributed by atoms with van der Waals surface area (Å²) >= 11 is 13.1. The van der Waals surface area contributed by atoms with Crippen LogP contribution in [0.15, 0.2) is 71.1 Å². The number of aliphatic carboxylic acids is 2. The Morgan fingerprint density at radius 2 is 1.63 bits per heavy atom. The van der Waals surface area contributed by atoms with E-state index in [4.69, 9.17) is 23.2 Å². The minimum absolute atomic E-state index is 0.0252. The van der Waals surface area contributed by atoms with Gasteiger partial charge in [-0.25, -0.2) is 13.8 Å². The number of hydrogen-bond acceptors (Lipinski definition) is 6. The van der Waals surface area contributed by atoms with Gasteiger partial charge in [-0.15, -0.1) is 0 Å². The van der Waals surface area contributed by atoms with Crippen LogP contribution in [-0.4, -0.2) is 80.2 Å². The van der Waals surface area contributed by atoms with Gasteiger partial charge < -0.3 is 25.3 Å².